The second-order valence-corrected chi connectivity index (χ2v) is 6.62. The summed E-state index contributed by atoms with van der Waals surface area (Å²) in [6.07, 6.45) is 0. The largest absolute Gasteiger partial charge is 0.495 e. The fraction of sp³-hybridized carbons (Fsp3) is 0.167. The second-order valence-electron chi connectivity index (χ2n) is 5.33. The quantitative estimate of drug-likeness (QED) is 0.658. The van der Waals surface area contributed by atoms with E-state index in [1.54, 1.807) is 38.3 Å². The minimum absolute atomic E-state index is 0.221. The van der Waals surface area contributed by atoms with E-state index in [-0.39, 0.29) is 22.8 Å². The smallest absolute Gasteiger partial charge is 0.277 e. The lowest BCUT2D eigenvalue weighted by Gasteiger charge is -2.12. The number of hydrogen-bond acceptors (Lipinski definition) is 6. The average molecular weight is 373 g/mol. The van der Waals surface area contributed by atoms with Crippen LogP contribution in [0.1, 0.15) is 6.92 Å². The van der Waals surface area contributed by atoms with Gasteiger partial charge in [0, 0.05) is 5.56 Å². The zero-order valence-electron chi connectivity index (χ0n) is 14.1. The number of rotatable bonds is 6. The number of halogens is 1. The number of carbonyl (C=O) groups is 1. The Hall–Kier alpha value is -2.87. The lowest BCUT2D eigenvalue weighted by Crippen LogP contribution is -2.22. The van der Waals surface area contributed by atoms with E-state index in [2.05, 4.69) is 15.5 Å². The maximum Gasteiger partial charge on any atom is 0.277 e. The van der Waals surface area contributed by atoms with Gasteiger partial charge in [-0.1, -0.05) is 23.9 Å². The van der Waals surface area contributed by atoms with Gasteiger partial charge < -0.3 is 14.5 Å². The summed E-state index contributed by atoms with van der Waals surface area (Å²) in [5.41, 5.74) is 1.20. The Morgan fingerprint density at radius 1 is 1.19 bits per heavy atom. The molecule has 1 amide bonds. The molecule has 1 atom stereocenters. The van der Waals surface area contributed by atoms with Gasteiger partial charge >= 0.3 is 0 Å². The van der Waals surface area contributed by atoms with E-state index in [1.807, 2.05) is 12.1 Å². The number of nitrogens with one attached hydrogen (secondary N) is 1. The molecule has 0 aliphatic heterocycles. The Labute approximate surface area is 153 Å². The topological polar surface area (TPSA) is 77.2 Å². The van der Waals surface area contributed by atoms with Crippen LogP contribution in [0.25, 0.3) is 11.5 Å². The van der Waals surface area contributed by atoms with E-state index in [1.165, 1.54) is 12.1 Å². The third-order valence-electron chi connectivity index (χ3n) is 3.51. The van der Waals surface area contributed by atoms with Gasteiger partial charge in [0.15, 0.2) is 0 Å². The molecule has 6 nitrogen and oxygen atoms in total. The Balaban J connectivity index is 1.65. The molecule has 0 spiro atoms. The summed E-state index contributed by atoms with van der Waals surface area (Å²) in [6.45, 7) is 1.73. The van der Waals surface area contributed by atoms with Crippen molar-refractivity contribution < 1.29 is 18.3 Å². The van der Waals surface area contributed by atoms with Crippen LogP contribution >= 0.6 is 11.8 Å². The summed E-state index contributed by atoms with van der Waals surface area (Å²) in [6, 6.07) is 12.9. The van der Waals surface area contributed by atoms with E-state index < -0.39 is 5.25 Å². The van der Waals surface area contributed by atoms with Gasteiger partial charge in [-0.15, -0.1) is 10.2 Å². The van der Waals surface area contributed by atoms with Crippen LogP contribution in [0.4, 0.5) is 10.1 Å². The normalized spacial score (nSPS) is 11.8. The summed E-state index contributed by atoms with van der Waals surface area (Å²) in [4.78, 5) is 12.4. The molecule has 1 heterocycles. The van der Waals surface area contributed by atoms with Gasteiger partial charge in [0.05, 0.1) is 18.0 Å². The summed E-state index contributed by atoms with van der Waals surface area (Å²) in [5, 5.41) is 10.4. The van der Waals surface area contributed by atoms with Crippen molar-refractivity contribution in [2.24, 2.45) is 0 Å². The minimum atomic E-state index is -0.471. The van der Waals surface area contributed by atoms with Crippen molar-refractivity contribution in [3.63, 3.8) is 0 Å². The van der Waals surface area contributed by atoms with Gasteiger partial charge in [-0.2, -0.15) is 0 Å². The molecule has 1 N–H and O–H groups in total. The number of methoxy groups -OCH3 is 1. The standard InChI is InChI=1S/C18H16FN3O3S/c1-11(16(23)20-14-5-3-4-6-15(14)24-2)26-18-22-21-17(25-18)12-7-9-13(19)10-8-12/h3-11H,1-2H3,(H,20,23)/t11-/m0/s1. The van der Waals surface area contributed by atoms with Crippen molar-refractivity contribution in [1.29, 1.82) is 0 Å². The van der Waals surface area contributed by atoms with Gasteiger partial charge in [0.1, 0.15) is 11.6 Å². The van der Waals surface area contributed by atoms with Crippen molar-refractivity contribution in [2.45, 2.75) is 17.4 Å². The first-order chi connectivity index (χ1) is 12.6. The molecule has 3 rings (SSSR count). The molecule has 0 saturated heterocycles. The number of nitrogens with zero attached hydrogens (tertiary/aromatic N) is 2. The number of anilines is 1. The molecule has 1 aromatic heterocycles. The van der Waals surface area contributed by atoms with Gasteiger partial charge in [-0.25, -0.2) is 4.39 Å². The van der Waals surface area contributed by atoms with Crippen LogP contribution in [0.5, 0.6) is 5.75 Å². The molecule has 8 heteroatoms. The fourth-order valence-corrected chi connectivity index (χ4v) is 2.84. The monoisotopic (exact) mass is 373 g/mol. The molecule has 0 aliphatic carbocycles. The first-order valence-corrected chi connectivity index (χ1v) is 8.65. The Bertz CT molecular complexity index is 899. The van der Waals surface area contributed by atoms with Gasteiger partial charge in [0.25, 0.3) is 5.22 Å². The van der Waals surface area contributed by atoms with E-state index in [0.29, 0.717) is 17.0 Å². The predicted molar refractivity (Wildman–Crippen MR) is 96.6 cm³/mol. The highest BCUT2D eigenvalue weighted by atomic mass is 32.2. The van der Waals surface area contributed by atoms with Crippen molar-refractivity contribution >= 4 is 23.4 Å². The molecule has 0 aliphatic rings. The van der Waals surface area contributed by atoms with Crippen molar-refractivity contribution in [3.8, 4) is 17.2 Å². The molecule has 134 valence electrons. The lowest BCUT2D eigenvalue weighted by molar-refractivity contribution is -0.115. The first kappa shape index (κ1) is 17.9. The number of ether oxygens (including phenoxy) is 1. The highest BCUT2D eigenvalue weighted by molar-refractivity contribution is 8.00. The summed E-state index contributed by atoms with van der Waals surface area (Å²) in [7, 11) is 1.54. The molecule has 2 aromatic carbocycles. The highest BCUT2D eigenvalue weighted by Gasteiger charge is 2.20. The van der Waals surface area contributed by atoms with Gasteiger partial charge in [0.2, 0.25) is 11.8 Å². The van der Waals surface area contributed by atoms with Crippen LogP contribution in [-0.4, -0.2) is 28.5 Å². The Morgan fingerprint density at radius 2 is 1.92 bits per heavy atom. The van der Waals surface area contributed by atoms with Crippen LogP contribution in [0.15, 0.2) is 58.2 Å². The molecule has 0 fully saturated rings. The number of hydrogen-bond donors (Lipinski definition) is 1. The van der Waals surface area contributed by atoms with E-state index in [0.717, 1.165) is 11.8 Å². The minimum Gasteiger partial charge on any atom is -0.495 e. The Kier molecular flexibility index (Phi) is 5.52. The SMILES string of the molecule is COc1ccccc1NC(=O)[C@H](C)Sc1nnc(-c2ccc(F)cc2)o1. The molecule has 0 radical (unpaired) electrons. The van der Waals surface area contributed by atoms with E-state index in [4.69, 9.17) is 9.15 Å². The zero-order chi connectivity index (χ0) is 18.5. The molecule has 0 bridgehead atoms. The van der Waals surface area contributed by atoms with Crippen molar-refractivity contribution in [1.82, 2.24) is 10.2 Å². The number of carbonyl (C=O) groups excluding carboxylic acids is 1. The summed E-state index contributed by atoms with van der Waals surface area (Å²) >= 11 is 1.14. The molecular formula is C18H16FN3O3S. The Morgan fingerprint density at radius 3 is 2.65 bits per heavy atom. The molecule has 0 unspecified atom stereocenters. The summed E-state index contributed by atoms with van der Waals surface area (Å²) < 4.78 is 23.7. The first-order valence-electron chi connectivity index (χ1n) is 7.77. The second kappa shape index (κ2) is 8.01. The van der Waals surface area contributed by atoms with Crippen LogP contribution in [-0.2, 0) is 4.79 Å². The lowest BCUT2D eigenvalue weighted by atomic mass is 10.2. The third-order valence-corrected chi connectivity index (χ3v) is 4.44. The fourth-order valence-electron chi connectivity index (χ4n) is 2.15. The molecular weight excluding hydrogens is 357 g/mol. The number of para-hydroxylation sites is 2. The number of amides is 1. The molecule has 3 aromatic rings. The number of thioether (sulfide) groups is 1. The third kappa shape index (κ3) is 4.20. The zero-order valence-corrected chi connectivity index (χ0v) is 14.9. The molecule has 0 saturated carbocycles. The predicted octanol–water partition coefficient (Wildman–Crippen LogP) is 4.00. The average Bonchev–Trinajstić information content (AvgIpc) is 3.11. The maximum absolute atomic E-state index is 13.0. The summed E-state index contributed by atoms with van der Waals surface area (Å²) in [5.74, 6) is 0.282. The molecule has 26 heavy (non-hydrogen) atoms. The van der Waals surface area contributed by atoms with Gasteiger partial charge in [-0.05, 0) is 43.3 Å². The number of benzene rings is 2. The van der Waals surface area contributed by atoms with Crippen LogP contribution < -0.4 is 10.1 Å². The highest BCUT2D eigenvalue weighted by Crippen LogP contribution is 2.28. The van der Waals surface area contributed by atoms with Gasteiger partial charge in [-0.3, -0.25) is 4.79 Å². The van der Waals surface area contributed by atoms with Crippen molar-refractivity contribution in [2.75, 3.05) is 12.4 Å². The van der Waals surface area contributed by atoms with Crippen LogP contribution in [0.2, 0.25) is 0 Å². The number of aromatic nitrogens is 2. The van der Waals surface area contributed by atoms with E-state index in [9.17, 15) is 9.18 Å². The van der Waals surface area contributed by atoms with Crippen molar-refractivity contribution in [3.05, 3.63) is 54.3 Å². The van der Waals surface area contributed by atoms with Crippen LogP contribution in [0, 0.1) is 5.82 Å². The van der Waals surface area contributed by atoms with Crippen LogP contribution in [0.3, 0.4) is 0 Å². The van der Waals surface area contributed by atoms with E-state index >= 15 is 0 Å². The maximum atomic E-state index is 13.0.